The minimum absolute atomic E-state index is 0.0333. The number of anilines is 3. The Hall–Kier alpha value is -3.81. The number of carbonyl (C=O) groups excluding carboxylic acids is 1. The maximum absolute atomic E-state index is 12.7. The lowest BCUT2D eigenvalue weighted by molar-refractivity contribution is -0.113. The molecule has 0 atom stereocenters. The molecular formula is C29H26N4OS2. The number of para-hydroxylation sites is 2. The molecule has 5 rings (SSSR count). The molecule has 0 bridgehead atoms. The van der Waals surface area contributed by atoms with Crippen molar-refractivity contribution in [1.82, 2.24) is 4.57 Å². The third kappa shape index (κ3) is 5.37. The second-order valence-electron chi connectivity index (χ2n) is 8.30. The van der Waals surface area contributed by atoms with E-state index < -0.39 is 0 Å². The molecule has 3 N–H and O–H groups in total. The van der Waals surface area contributed by atoms with Crippen LogP contribution in [0, 0.1) is 0 Å². The molecule has 0 radical (unpaired) electrons. The molecule has 0 aliphatic carbocycles. The SMILES string of the molecule is CCn1c2ccccc2c2cc(NC(=O)CSc3ccc(NC(=S)Nc4ccccc4)cc3)ccc21. The summed E-state index contributed by atoms with van der Waals surface area (Å²) in [5, 5.41) is 12.3. The molecule has 5 nitrogen and oxygen atoms in total. The van der Waals surface area contributed by atoms with Gasteiger partial charge < -0.3 is 20.5 Å². The lowest BCUT2D eigenvalue weighted by Crippen LogP contribution is -2.18. The predicted molar refractivity (Wildman–Crippen MR) is 157 cm³/mol. The molecule has 0 aliphatic heterocycles. The molecule has 0 unspecified atom stereocenters. The summed E-state index contributed by atoms with van der Waals surface area (Å²) in [7, 11) is 0. The third-order valence-corrected chi connectivity index (χ3v) is 7.10. The molecule has 0 aliphatic rings. The Balaban J connectivity index is 1.17. The van der Waals surface area contributed by atoms with Crippen LogP contribution in [0.15, 0.2) is 102 Å². The highest BCUT2D eigenvalue weighted by Gasteiger charge is 2.11. The van der Waals surface area contributed by atoms with Crippen LogP contribution in [0.1, 0.15) is 6.92 Å². The maximum atomic E-state index is 12.7. The molecule has 4 aromatic carbocycles. The summed E-state index contributed by atoms with van der Waals surface area (Å²) in [6, 6.07) is 32.2. The second kappa shape index (κ2) is 10.8. The zero-order valence-electron chi connectivity index (χ0n) is 19.8. The van der Waals surface area contributed by atoms with Gasteiger partial charge in [0.15, 0.2) is 5.11 Å². The zero-order chi connectivity index (χ0) is 24.9. The molecule has 1 aromatic heterocycles. The number of hydrogen-bond donors (Lipinski definition) is 3. The van der Waals surface area contributed by atoms with Gasteiger partial charge in [0.2, 0.25) is 5.91 Å². The molecule has 5 aromatic rings. The number of hydrogen-bond acceptors (Lipinski definition) is 3. The van der Waals surface area contributed by atoms with E-state index >= 15 is 0 Å². The van der Waals surface area contributed by atoms with E-state index in [1.165, 1.54) is 28.2 Å². The van der Waals surface area contributed by atoms with Gasteiger partial charge in [-0.25, -0.2) is 0 Å². The Labute approximate surface area is 219 Å². The van der Waals surface area contributed by atoms with E-state index in [4.69, 9.17) is 12.2 Å². The van der Waals surface area contributed by atoms with Gasteiger partial charge in [-0.2, -0.15) is 0 Å². The van der Waals surface area contributed by atoms with Crippen LogP contribution in [0.5, 0.6) is 0 Å². The van der Waals surface area contributed by atoms with Crippen LogP contribution >= 0.6 is 24.0 Å². The Bertz CT molecular complexity index is 1530. The molecule has 0 fully saturated rings. The number of carbonyl (C=O) groups is 1. The van der Waals surface area contributed by atoms with E-state index in [0.29, 0.717) is 10.9 Å². The first-order valence-electron chi connectivity index (χ1n) is 11.8. The van der Waals surface area contributed by atoms with Crippen LogP contribution in [0.3, 0.4) is 0 Å². The van der Waals surface area contributed by atoms with Gasteiger partial charge in [0.25, 0.3) is 0 Å². The van der Waals surface area contributed by atoms with Gasteiger partial charge in [0.1, 0.15) is 0 Å². The largest absolute Gasteiger partial charge is 0.341 e. The Morgan fingerprint density at radius 1 is 0.750 bits per heavy atom. The van der Waals surface area contributed by atoms with Gasteiger partial charge in [-0.15, -0.1) is 11.8 Å². The van der Waals surface area contributed by atoms with E-state index in [9.17, 15) is 4.79 Å². The van der Waals surface area contributed by atoms with Gasteiger partial charge in [-0.3, -0.25) is 4.79 Å². The smallest absolute Gasteiger partial charge is 0.234 e. The van der Waals surface area contributed by atoms with Gasteiger partial charge in [-0.1, -0.05) is 36.4 Å². The lowest BCUT2D eigenvalue weighted by atomic mass is 10.1. The predicted octanol–water partition coefficient (Wildman–Crippen LogP) is 7.35. The number of nitrogens with zero attached hydrogens (tertiary/aromatic N) is 1. The molecule has 7 heteroatoms. The third-order valence-electron chi connectivity index (χ3n) is 5.89. The van der Waals surface area contributed by atoms with Gasteiger partial charge in [0.05, 0.1) is 5.75 Å². The number of thiocarbonyl (C=S) groups is 1. The van der Waals surface area contributed by atoms with Crippen molar-refractivity contribution < 1.29 is 4.79 Å². The van der Waals surface area contributed by atoms with Crippen molar-refractivity contribution in [3.05, 3.63) is 97.1 Å². The number of aryl methyl sites for hydroxylation is 1. The summed E-state index contributed by atoms with van der Waals surface area (Å²) in [6.45, 7) is 3.05. The minimum atomic E-state index is -0.0333. The Morgan fingerprint density at radius 3 is 2.14 bits per heavy atom. The van der Waals surface area contributed by atoms with Crippen LogP contribution in [0.4, 0.5) is 17.1 Å². The summed E-state index contributed by atoms with van der Waals surface area (Å²) in [5.74, 6) is 0.296. The standard InChI is InChI=1S/C29H26N4OS2/c1-2-33-26-11-7-6-10-24(26)25-18-22(14-17-27(25)33)30-28(34)19-36-23-15-12-21(13-16-23)32-29(35)31-20-8-4-3-5-9-20/h3-18H,2,19H2,1H3,(H,30,34)(H2,31,32,35). The number of aromatic nitrogens is 1. The van der Waals surface area contributed by atoms with Crippen molar-refractivity contribution in [3.8, 4) is 0 Å². The highest BCUT2D eigenvalue weighted by atomic mass is 32.2. The first-order valence-corrected chi connectivity index (χ1v) is 13.2. The number of fused-ring (bicyclic) bond motifs is 3. The summed E-state index contributed by atoms with van der Waals surface area (Å²) < 4.78 is 2.30. The summed E-state index contributed by atoms with van der Waals surface area (Å²) in [5.41, 5.74) is 5.02. The minimum Gasteiger partial charge on any atom is -0.341 e. The Kier molecular flexibility index (Phi) is 7.21. The van der Waals surface area contributed by atoms with Gasteiger partial charge in [-0.05, 0) is 79.8 Å². The van der Waals surface area contributed by atoms with E-state index in [-0.39, 0.29) is 5.91 Å². The molecule has 1 heterocycles. The number of nitrogens with one attached hydrogen (secondary N) is 3. The average molecular weight is 511 g/mol. The topological polar surface area (TPSA) is 58.1 Å². The maximum Gasteiger partial charge on any atom is 0.234 e. The molecule has 0 saturated carbocycles. The van der Waals surface area contributed by atoms with Crippen molar-refractivity contribution in [2.45, 2.75) is 18.4 Å². The highest BCUT2D eigenvalue weighted by molar-refractivity contribution is 8.00. The monoisotopic (exact) mass is 510 g/mol. The molecule has 1 amide bonds. The molecular weight excluding hydrogens is 484 g/mol. The van der Waals surface area contributed by atoms with Crippen molar-refractivity contribution in [1.29, 1.82) is 0 Å². The summed E-state index contributed by atoms with van der Waals surface area (Å²) in [6.07, 6.45) is 0. The molecule has 36 heavy (non-hydrogen) atoms. The molecule has 0 saturated heterocycles. The lowest BCUT2D eigenvalue weighted by Gasteiger charge is -2.11. The van der Waals surface area contributed by atoms with E-state index in [0.717, 1.165) is 33.9 Å². The van der Waals surface area contributed by atoms with Crippen LogP contribution in [-0.2, 0) is 11.3 Å². The first kappa shape index (κ1) is 23.9. The average Bonchev–Trinajstić information content (AvgIpc) is 3.22. The van der Waals surface area contributed by atoms with Crippen LogP contribution in [-0.4, -0.2) is 21.3 Å². The highest BCUT2D eigenvalue weighted by Crippen LogP contribution is 2.31. The van der Waals surface area contributed by atoms with E-state index in [1.54, 1.807) is 0 Å². The van der Waals surface area contributed by atoms with Crippen molar-refractivity contribution >= 4 is 73.9 Å². The second-order valence-corrected chi connectivity index (χ2v) is 9.76. The first-order chi connectivity index (χ1) is 17.6. The number of amides is 1. The Morgan fingerprint density at radius 2 is 1.39 bits per heavy atom. The fourth-order valence-electron chi connectivity index (χ4n) is 4.27. The fraction of sp³-hybridized carbons (Fsp3) is 0.103. The van der Waals surface area contributed by atoms with Gasteiger partial charge >= 0.3 is 0 Å². The summed E-state index contributed by atoms with van der Waals surface area (Å²) in [4.78, 5) is 13.7. The number of benzene rings is 4. The van der Waals surface area contributed by atoms with Crippen molar-refractivity contribution in [2.75, 3.05) is 21.7 Å². The quantitative estimate of drug-likeness (QED) is 0.158. The number of thioether (sulfide) groups is 1. The van der Waals surface area contributed by atoms with Crippen molar-refractivity contribution in [3.63, 3.8) is 0 Å². The van der Waals surface area contributed by atoms with Crippen molar-refractivity contribution in [2.24, 2.45) is 0 Å². The zero-order valence-corrected chi connectivity index (χ0v) is 21.5. The normalized spacial score (nSPS) is 10.9. The number of rotatable bonds is 7. The van der Waals surface area contributed by atoms with Crippen LogP contribution in [0.25, 0.3) is 21.8 Å². The van der Waals surface area contributed by atoms with Crippen LogP contribution in [0.2, 0.25) is 0 Å². The van der Waals surface area contributed by atoms with E-state index in [2.05, 4.69) is 63.8 Å². The molecule has 180 valence electrons. The van der Waals surface area contributed by atoms with Gasteiger partial charge in [0, 0.05) is 50.3 Å². The fourth-order valence-corrected chi connectivity index (χ4v) is 5.20. The van der Waals surface area contributed by atoms with Crippen LogP contribution < -0.4 is 16.0 Å². The molecule has 0 spiro atoms. The summed E-state index contributed by atoms with van der Waals surface area (Å²) >= 11 is 6.88. The van der Waals surface area contributed by atoms with E-state index in [1.807, 2.05) is 60.7 Å².